The van der Waals surface area contributed by atoms with Gasteiger partial charge < -0.3 is 10.4 Å². The van der Waals surface area contributed by atoms with Gasteiger partial charge in [-0.25, -0.2) is 4.98 Å². The first-order valence-corrected chi connectivity index (χ1v) is 11.6. The first-order chi connectivity index (χ1) is 16.0. The van der Waals surface area contributed by atoms with Gasteiger partial charge in [0, 0.05) is 27.9 Å². The van der Waals surface area contributed by atoms with Crippen molar-refractivity contribution >= 4 is 51.5 Å². The van der Waals surface area contributed by atoms with Gasteiger partial charge >= 0.3 is 0 Å². The molecule has 1 aliphatic rings. The number of rotatable bonds is 7. The highest BCUT2D eigenvalue weighted by atomic mass is 35.5. The Kier molecular flexibility index (Phi) is 6.05. The first kappa shape index (κ1) is 22.2. The fourth-order valence-corrected chi connectivity index (χ4v) is 4.63. The summed E-state index contributed by atoms with van der Waals surface area (Å²) >= 11 is 19.0. The lowest BCUT2D eigenvalue weighted by Crippen LogP contribution is -2.26. The van der Waals surface area contributed by atoms with Crippen LogP contribution in [0.2, 0.25) is 15.1 Å². The second-order valence-corrected chi connectivity index (χ2v) is 9.31. The van der Waals surface area contributed by atoms with Gasteiger partial charge in [0.25, 0.3) is 5.56 Å². The minimum atomic E-state index is -0.260. The van der Waals surface area contributed by atoms with E-state index in [1.807, 2.05) is 0 Å². The predicted octanol–water partition coefficient (Wildman–Crippen LogP) is 4.77. The molecule has 0 spiro atoms. The van der Waals surface area contributed by atoms with E-state index >= 15 is 0 Å². The van der Waals surface area contributed by atoms with Crippen molar-refractivity contribution in [1.82, 2.24) is 19.3 Å². The fourth-order valence-electron chi connectivity index (χ4n) is 3.92. The Morgan fingerprint density at radius 3 is 2.58 bits per heavy atom. The molecule has 170 valence electrons. The average molecular weight is 505 g/mol. The number of aliphatic hydroxyl groups is 1. The summed E-state index contributed by atoms with van der Waals surface area (Å²) in [7, 11) is 0. The molecule has 2 N–H and O–H groups in total. The summed E-state index contributed by atoms with van der Waals surface area (Å²) in [6.07, 6.45) is 6.85. The standard InChI is InChI=1S/C23H20Cl3N5O2/c24-16-2-1-3-17(25)15(16)11-31-20-6-7-30(23(33)14(20)9-28-31)21-8-22(27-10-18(21)26)29-19(12-32)13-4-5-13/h1-3,6-10,13,19,32H,4-5,11-12H2,(H,27,29)/t19-/m1/s1. The number of halogens is 3. The Hall–Kier alpha value is -2.58. The van der Waals surface area contributed by atoms with Gasteiger partial charge in [-0.2, -0.15) is 5.10 Å². The second kappa shape index (κ2) is 8.99. The highest BCUT2D eigenvalue weighted by molar-refractivity contribution is 6.36. The molecule has 0 amide bonds. The van der Waals surface area contributed by atoms with E-state index in [9.17, 15) is 9.90 Å². The van der Waals surface area contributed by atoms with E-state index in [0.717, 1.165) is 18.4 Å². The summed E-state index contributed by atoms with van der Waals surface area (Å²) in [6, 6.07) is 8.77. The Balaban J connectivity index is 1.51. The van der Waals surface area contributed by atoms with Crippen molar-refractivity contribution in [3.05, 3.63) is 79.9 Å². The van der Waals surface area contributed by atoms with E-state index in [4.69, 9.17) is 34.8 Å². The molecular formula is C23H20Cl3N5O2. The molecule has 10 heteroatoms. The van der Waals surface area contributed by atoms with Crippen molar-refractivity contribution < 1.29 is 5.11 Å². The maximum Gasteiger partial charge on any atom is 0.266 e. The van der Waals surface area contributed by atoms with Gasteiger partial charge in [0.2, 0.25) is 0 Å². The van der Waals surface area contributed by atoms with Crippen LogP contribution in [0.3, 0.4) is 0 Å². The number of aliphatic hydroxyl groups excluding tert-OH is 1. The average Bonchev–Trinajstić information content (AvgIpc) is 3.56. The molecule has 1 aliphatic carbocycles. The Labute approximate surface area is 204 Å². The molecule has 5 rings (SSSR count). The van der Waals surface area contributed by atoms with Gasteiger partial charge in [-0.05, 0) is 37.0 Å². The molecule has 1 fully saturated rings. The SMILES string of the molecule is O=c1c2cnn(Cc3c(Cl)cccc3Cl)c2ccn1-c1cc(N[C@H](CO)C2CC2)ncc1Cl. The highest BCUT2D eigenvalue weighted by Gasteiger charge is 2.31. The molecule has 3 heterocycles. The molecule has 0 radical (unpaired) electrons. The molecular weight excluding hydrogens is 485 g/mol. The molecule has 33 heavy (non-hydrogen) atoms. The summed E-state index contributed by atoms with van der Waals surface area (Å²) in [4.78, 5) is 17.6. The second-order valence-electron chi connectivity index (χ2n) is 8.08. The minimum Gasteiger partial charge on any atom is -0.394 e. The normalized spacial score (nSPS) is 14.5. The van der Waals surface area contributed by atoms with Gasteiger partial charge in [-0.3, -0.25) is 14.0 Å². The molecule has 3 aromatic heterocycles. The number of nitrogens with one attached hydrogen (secondary N) is 1. The molecule has 0 aliphatic heterocycles. The molecule has 0 saturated heterocycles. The van der Waals surface area contributed by atoms with Crippen LogP contribution in [-0.4, -0.2) is 37.1 Å². The number of aromatic nitrogens is 4. The smallest absolute Gasteiger partial charge is 0.266 e. The van der Waals surface area contributed by atoms with E-state index in [1.165, 1.54) is 17.0 Å². The largest absolute Gasteiger partial charge is 0.394 e. The van der Waals surface area contributed by atoms with Crippen LogP contribution in [0, 0.1) is 5.92 Å². The monoisotopic (exact) mass is 503 g/mol. The van der Waals surface area contributed by atoms with Gasteiger partial charge in [-0.1, -0.05) is 40.9 Å². The number of nitrogens with zero attached hydrogens (tertiary/aromatic N) is 4. The van der Waals surface area contributed by atoms with E-state index in [1.54, 1.807) is 41.2 Å². The van der Waals surface area contributed by atoms with Crippen molar-refractivity contribution in [2.45, 2.75) is 25.4 Å². The van der Waals surface area contributed by atoms with Gasteiger partial charge in [0.1, 0.15) is 5.82 Å². The van der Waals surface area contributed by atoms with E-state index in [-0.39, 0.29) is 18.2 Å². The highest BCUT2D eigenvalue weighted by Crippen LogP contribution is 2.34. The third kappa shape index (κ3) is 4.34. The summed E-state index contributed by atoms with van der Waals surface area (Å²) < 4.78 is 3.16. The molecule has 7 nitrogen and oxygen atoms in total. The third-order valence-electron chi connectivity index (χ3n) is 5.90. The zero-order chi connectivity index (χ0) is 23.1. The zero-order valence-corrected chi connectivity index (χ0v) is 19.6. The first-order valence-electron chi connectivity index (χ1n) is 10.5. The Bertz CT molecular complexity index is 1380. The molecule has 1 saturated carbocycles. The minimum absolute atomic E-state index is 0.0187. The molecule has 0 unspecified atom stereocenters. The van der Waals surface area contributed by atoms with Crippen LogP contribution >= 0.6 is 34.8 Å². The number of benzene rings is 1. The van der Waals surface area contributed by atoms with Crippen molar-refractivity contribution in [2.24, 2.45) is 5.92 Å². The summed E-state index contributed by atoms with van der Waals surface area (Å²) in [5, 5.41) is 19.1. The van der Waals surface area contributed by atoms with Crippen LogP contribution in [0.5, 0.6) is 0 Å². The Morgan fingerprint density at radius 1 is 1.12 bits per heavy atom. The van der Waals surface area contributed by atoms with Crippen LogP contribution in [-0.2, 0) is 6.54 Å². The van der Waals surface area contributed by atoms with Crippen molar-refractivity contribution in [1.29, 1.82) is 0 Å². The van der Waals surface area contributed by atoms with Crippen molar-refractivity contribution in [3.8, 4) is 5.69 Å². The molecule has 1 atom stereocenters. The lowest BCUT2D eigenvalue weighted by Gasteiger charge is -2.17. The van der Waals surface area contributed by atoms with Crippen LogP contribution in [0.15, 0.2) is 53.7 Å². The van der Waals surface area contributed by atoms with Gasteiger partial charge in [-0.15, -0.1) is 0 Å². The maximum atomic E-state index is 13.3. The van der Waals surface area contributed by atoms with Crippen LogP contribution in [0.25, 0.3) is 16.6 Å². The van der Waals surface area contributed by atoms with E-state index in [2.05, 4.69) is 15.4 Å². The van der Waals surface area contributed by atoms with Crippen molar-refractivity contribution in [3.63, 3.8) is 0 Å². The maximum absolute atomic E-state index is 13.3. The Morgan fingerprint density at radius 2 is 1.88 bits per heavy atom. The lowest BCUT2D eigenvalue weighted by molar-refractivity contribution is 0.263. The fraction of sp³-hybridized carbons (Fsp3) is 0.261. The summed E-state index contributed by atoms with van der Waals surface area (Å²) in [6.45, 7) is 0.351. The number of hydrogen-bond acceptors (Lipinski definition) is 5. The van der Waals surface area contributed by atoms with Gasteiger partial charge in [0.15, 0.2) is 0 Å². The van der Waals surface area contributed by atoms with Crippen LogP contribution in [0.4, 0.5) is 5.82 Å². The molecule has 4 aromatic rings. The predicted molar refractivity (Wildman–Crippen MR) is 131 cm³/mol. The van der Waals surface area contributed by atoms with Crippen LogP contribution < -0.4 is 10.9 Å². The summed E-state index contributed by atoms with van der Waals surface area (Å²) in [5.74, 6) is 0.990. The van der Waals surface area contributed by atoms with E-state index < -0.39 is 0 Å². The zero-order valence-electron chi connectivity index (χ0n) is 17.4. The number of hydrogen-bond donors (Lipinski definition) is 2. The topological polar surface area (TPSA) is 85.0 Å². The quantitative estimate of drug-likeness (QED) is 0.379. The number of pyridine rings is 2. The number of fused-ring (bicyclic) bond motifs is 1. The third-order valence-corrected chi connectivity index (χ3v) is 6.90. The summed E-state index contributed by atoms with van der Waals surface area (Å²) in [5.41, 5.74) is 1.63. The van der Waals surface area contributed by atoms with Crippen molar-refractivity contribution in [2.75, 3.05) is 11.9 Å². The number of anilines is 1. The van der Waals surface area contributed by atoms with Crippen LogP contribution in [0.1, 0.15) is 18.4 Å². The molecule has 1 aromatic carbocycles. The van der Waals surface area contributed by atoms with Gasteiger partial charge in [0.05, 0.1) is 53.2 Å². The molecule has 0 bridgehead atoms. The van der Waals surface area contributed by atoms with E-state index in [0.29, 0.717) is 49.9 Å². The lowest BCUT2D eigenvalue weighted by atomic mass is 10.2.